The molecule has 5 heteroatoms. The van der Waals surface area contributed by atoms with Gasteiger partial charge in [0.15, 0.2) is 0 Å². The first-order chi connectivity index (χ1) is 13.8. The van der Waals surface area contributed by atoms with Gasteiger partial charge in [-0.2, -0.15) is 0 Å². The number of hydrogen-bond donors (Lipinski definition) is 1. The van der Waals surface area contributed by atoms with Crippen LogP contribution >= 0.6 is 0 Å². The number of aliphatic hydroxyl groups excluding tert-OH is 1. The Bertz CT molecular complexity index is 666. The van der Waals surface area contributed by atoms with Gasteiger partial charge in [0.2, 0.25) is 0 Å². The third-order valence-electron chi connectivity index (χ3n) is 6.93. The summed E-state index contributed by atoms with van der Waals surface area (Å²) in [7, 11) is 0. The summed E-state index contributed by atoms with van der Waals surface area (Å²) < 4.78 is 11.5. The van der Waals surface area contributed by atoms with Crippen LogP contribution < -0.4 is 0 Å². The van der Waals surface area contributed by atoms with Crippen LogP contribution in [0.25, 0.3) is 0 Å². The number of esters is 2. The Hall–Kier alpha value is -1.62. The van der Waals surface area contributed by atoms with Crippen LogP contribution in [0.5, 0.6) is 0 Å². The fourth-order valence-corrected chi connectivity index (χ4v) is 5.07. The molecule has 162 valence electrons. The molecule has 0 aromatic heterocycles. The van der Waals surface area contributed by atoms with Crippen molar-refractivity contribution in [2.75, 3.05) is 0 Å². The number of hydrogen-bond acceptors (Lipinski definition) is 5. The maximum absolute atomic E-state index is 12.5. The van der Waals surface area contributed by atoms with Crippen molar-refractivity contribution in [1.29, 1.82) is 0 Å². The van der Waals surface area contributed by atoms with E-state index in [-0.39, 0.29) is 42.4 Å². The van der Waals surface area contributed by atoms with Gasteiger partial charge in [0.1, 0.15) is 12.2 Å². The highest BCUT2D eigenvalue weighted by Gasteiger charge is 2.42. The summed E-state index contributed by atoms with van der Waals surface area (Å²) in [6, 6.07) is 0. The van der Waals surface area contributed by atoms with E-state index < -0.39 is 6.10 Å². The molecule has 1 aliphatic heterocycles. The zero-order valence-electron chi connectivity index (χ0n) is 18.2. The molecule has 0 unspecified atom stereocenters. The lowest BCUT2D eigenvalue weighted by atomic mass is 9.65. The van der Waals surface area contributed by atoms with Gasteiger partial charge in [0, 0.05) is 12.3 Å². The van der Waals surface area contributed by atoms with E-state index in [1.807, 2.05) is 13.8 Å². The van der Waals surface area contributed by atoms with Crippen LogP contribution in [0.4, 0.5) is 0 Å². The van der Waals surface area contributed by atoms with Crippen molar-refractivity contribution >= 4 is 11.9 Å². The molecule has 0 radical (unpaired) electrons. The molecule has 1 fully saturated rings. The second-order valence-electron chi connectivity index (χ2n) is 9.36. The molecular formula is C24H36O5. The van der Waals surface area contributed by atoms with Crippen molar-refractivity contribution in [2.24, 2.45) is 29.6 Å². The van der Waals surface area contributed by atoms with Crippen LogP contribution in [-0.4, -0.2) is 35.4 Å². The molecule has 29 heavy (non-hydrogen) atoms. The van der Waals surface area contributed by atoms with Crippen molar-refractivity contribution in [3.05, 3.63) is 23.8 Å². The molecule has 1 saturated heterocycles. The molecular weight excluding hydrogens is 368 g/mol. The van der Waals surface area contributed by atoms with E-state index in [1.54, 1.807) is 0 Å². The van der Waals surface area contributed by atoms with Crippen LogP contribution in [0.3, 0.4) is 0 Å². The normalized spacial score (nSPS) is 37.9. The summed E-state index contributed by atoms with van der Waals surface area (Å²) >= 11 is 0. The predicted molar refractivity (Wildman–Crippen MR) is 111 cm³/mol. The molecule has 2 aliphatic carbocycles. The number of allylic oxidation sites excluding steroid dienone is 3. The Morgan fingerprint density at radius 3 is 2.76 bits per heavy atom. The first-order valence-electron chi connectivity index (χ1n) is 11.3. The molecule has 0 aromatic carbocycles. The van der Waals surface area contributed by atoms with Gasteiger partial charge in [0.05, 0.1) is 18.4 Å². The molecule has 1 N–H and O–H groups in total. The summed E-state index contributed by atoms with van der Waals surface area (Å²) in [6.45, 7) is 8.33. The maximum Gasteiger partial charge on any atom is 0.308 e. The van der Waals surface area contributed by atoms with Gasteiger partial charge in [-0.25, -0.2) is 0 Å². The van der Waals surface area contributed by atoms with Crippen LogP contribution in [0.1, 0.15) is 66.2 Å². The standard InChI is InChI=1S/C24H36O5/c1-5-15(3)24(27)29-21-11-14(2)10-17-7-6-16(4)20(23(17)21)9-8-19-12-18(25)13-22(26)28-19/h6-7,10,14-16,18-21,23,25H,5,8-9,11-13H2,1-4H3/t14-,15+,16+,18-,19-,20+,21-,23-/m1/s1. The van der Waals surface area contributed by atoms with E-state index in [4.69, 9.17) is 9.47 Å². The number of carbonyl (C=O) groups is 2. The molecule has 0 spiro atoms. The number of fused-ring (bicyclic) bond motifs is 1. The predicted octanol–water partition coefficient (Wildman–Crippen LogP) is 4.20. The smallest absolute Gasteiger partial charge is 0.308 e. The van der Waals surface area contributed by atoms with Gasteiger partial charge < -0.3 is 14.6 Å². The van der Waals surface area contributed by atoms with Crippen molar-refractivity contribution in [3.8, 4) is 0 Å². The Balaban J connectivity index is 1.74. The van der Waals surface area contributed by atoms with Crippen LogP contribution in [-0.2, 0) is 19.1 Å². The molecule has 3 aliphatic rings. The number of rotatable bonds is 6. The summed E-state index contributed by atoms with van der Waals surface area (Å²) in [5, 5.41) is 9.89. The fraction of sp³-hybridized carbons (Fsp3) is 0.750. The van der Waals surface area contributed by atoms with Crippen molar-refractivity contribution < 1.29 is 24.2 Å². The third kappa shape index (κ3) is 5.30. The average Bonchev–Trinajstić information content (AvgIpc) is 2.65. The highest BCUT2D eigenvalue weighted by Crippen LogP contribution is 2.45. The first kappa shape index (κ1) is 22.1. The molecule has 0 aromatic rings. The fourth-order valence-electron chi connectivity index (χ4n) is 5.07. The Kier molecular flexibility index (Phi) is 7.20. The van der Waals surface area contributed by atoms with Crippen LogP contribution in [0, 0.1) is 29.6 Å². The molecule has 8 atom stereocenters. The highest BCUT2D eigenvalue weighted by atomic mass is 16.5. The SMILES string of the molecule is CC[C@H](C)C(=O)O[C@@H]1C[C@H](C)C=C2C=C[C@H](C)[C@H](CC[C@@H]3C[C@@H](O)CC(=O)O3)[C@@H]21. The lowest BCUT2D eigenvalue weighted by molar-refractivity contribution is -0.162. The summed E-state index contributed by atoms with van der Waals surface area (Å²) in [6.07, 6.45) is 9.70. The first-order valence-corrected chi connectivity index (χ1v) is 11.3. The number of ether oxygens (including phenoxy) is 2. The van der Waals surface area contributed by atoms with Crippen molar-refractivity contribution in [3.63, 3.8) is 0 Å². The lowest BCUT2D eigenvalue weighted by Gasteiger charge is -2.43. The highest BCUT2D eigenvalue weighted by molar-refractivity contribution is 5.72. The van der Waals surface area contributed by atoms with Gasteiger partial charge in [-0.15, -0.1) is 0 Å². The van der Waals surface area contributed by atoms with Crippen molar-refractivity contribution in [1.82, 2.24) is 0 Å². The van der Waals surface area contributed by atoms with E-state index in [0.717, 1.165) is 25.7 Å². The number of cyclic esters (lactones) is 1. The third-order valence-corrected chi connectivity index (χ3v) is 6.93. The largest absolute Gasteiger partial charge is 0.462 e. The van der Waals surface area contributed by atoms with Gasteiger partial charge in [-0.05, 0) is 49.0 Å². The average molecular weight is 405 g/mol. The molecule has 3 rings (SSSR count). The molecule has 5 nitrogen and oxygen atoms in total. The minimum absolute atomic E-state index is 0.0854. The Morgan fingerprint density at radius 1 is 1.31 bits per heavy atom. The van der Waals surface area contributed by atoms with E-state index in [2.05, 4.69) is 32.1 Å². The van der Waals surface area contributed by atoms with Gasteiger partial charge in [0.25, 0.3) is 0 Å². The van der Waals surface area contributed by atoms with Crippen LogP contribution in [0.15, 0.2) is 23.8 Å². The monoisotopic (exact) mass is 404 g/mol. The van der Waals surface area contributed by atoms with E-state index in [0.29, 0.717) is 24.2 Å². The molecule has 0 amide bonds. The van der Waals surface area contributed by atoms with Gasteiger partial charge >= 0.3 is 11.9 Å². The minimum atomic E-state index is -0.597. The van der Waals surface area contributed by atoms with Gasteiger partial charge in [-0.1, -0.05) is 45.9 Å². The van der Waals surface area contributed by atoms with Gasteiger partial charge in [-0.3, -0.25) is 9.59 Å². The van der Waals surface area contributed by atoms with E-state index in [9.17, 15) is 14.7 Å². The topological polar surface area (TPSA) is 72.8 Å². The molecule has 0 saturated carbocycles. The summed E-state index contributed by atoms with van der Waals surface area (Å²) in [4.78, 5) is 24.2. The zero-order valence-corrected chi connectivity index (χ0v) is 18.2. The lowest BCUT2D eigenvalue weighted by Crippen LogP contribution is -2.42. The maximum atomic E-state index is 12.5. The quantitative estimate of drug-likeness (QED) is 0.672. The Labute approximate surface area is 174 Å². The zero-order chi connectivity index (χ0) is 21.1. The molecule has 0 bridgehead atoms. The summed E-state index contributed by atoms with van der Waals surface area (Å²) in [5.74, 6) is 0.755. The van der Waals surface area contributed by atoms with Crippen molar-refractivity contribution in [2.45, 2.75) is 84.5 Å². The van der Waals surface area contributed by atoms with Crippen LogP contribution in [0.2, 0.25) is 0 Å². The molecule has 1 heterocycles. The second kappa shape index (κ2) is 9.46. The summed E-state index contributed by atoms with van der Waals surface area (Å²) in [5.41, 5.74) is 1.27. The van der Waals surface area contributed by atoms with E-state index >= 15 is 0 Å². The Morgan fingerprint density at radius 2 is 2.07 bits per heavy atom. The van der Waals surface area contributed by atoms with E-state index in [1.165, 1.54) is 5.57 Å². The number of carbonyl (C=O) groups excluding carboxylic acids is 2. The number of aliphatic hydroxyl groups is 1. The minimum Gasteiger partial charge on any atom is -0.462 e. The second-order valence-corrected chi connectivity index (χ2v) is 9.36.